The van der Waals surface area contributed by atoms with E-state index in [1.54, 1.807) is 0 Å². The predicted octanol–water partition coefficient (Wildman–Crippen LogP) is 4.07. The molecule has 0 amide bonds. The third-order valence-corrected chi connectivity index (χ3v) is 4.91. The largest absolute Gasteiger partial charge is 0.573 e. The molecule has 0 aliphatic rings. The van der Waals surface area contributed by atoms with Gasteiger partial charge in [0.1, 0.15) is 0 Å². The first-order valence-electron chi connectivity index (χ1n) is 7.63. The SMILES string of the molecule is Cc1c(CC(=O)O)c2c(F)c(O)ccc2n1C(=O)c1ccc(OC(F)(F)F)s1. The van der Waals surface area contributed by atoms with Gasteiger partial charge in [0, 0.05) is 11.1 Å². The molecule has 0 aliphatic carbocycles. The van der Waals surface area contributed by atoms with Crippen molar-refractivity contribution in [3.63, 3.8) is 0 Å². The molecule has 148 valence electrons. The van der Waals surface area contributed by atoms with Gasteiger partial charge in [0.15, 0.2) is 16.6 Å². The summed E-state index contributed by atoms with van der Waals surface area (Å²) in [6, 6.07) is 4.31. The minimum Gasteiger partial charge on any atom is -0.505 e. The van der Waals surface area contributed by atoms with Gasteiger partial charge >= 0.3 is 12.3 Å². The molecule has 0 radical (unpaired) electrons. The highest BCUT2D eigenvalue weighted by atomic mass is 32.1. The lowest BCUT2D eigenvalue weighted by molar-refractivity contribution is -0.273. The Balaban J connectivity index is 2.15. The number of nitrogens with zero attached hydrogens (tertiary/aromatic N) is 1. The number of hydrogen-bond donors (Lipinski definition) is 2. The first-order chi connectivity index (χ1) is 13.0. The highest BCUT2D eigenvalue weighted by molar-refractivity contribution is 7.15. The number of halogens is 4. The van der Waals surface area contributed by atoms with Crippen LogP contribution in [0.5, 0.6) is 10.8 Å². The quantitative estimate of drug-likeness (QED) is 0.625. The molecular formula is C17H11F4NO5S. The fraction of sp³-hybridized carbons (Fsp3) is 0.176. The molecule has 3 aromatic rings. The molecule has 0 bridgehead atoms. The lowest BCUT2D eigenvalue weighted by Crippen LogP contribution is -2.16. The molecule has 0 unspecified atom stereocenters. The van der Waals surface area contributed by atoms with E-state index in [1.807, 2.05) is 0 Å². The topological polar surface area (TPSA) is 88.8 Å². The van der Waals surface area contributed by atoms with Gasteiger partial charge in [-0.1, -0.05) is 11.3 Å². The number of aromatic hydroxyl groups is 1. The fourth-order valence-corrected chi connectivity index (χ4v) is 3.67. The number of carbonyl (C=O) groups excluding carboxylic acids is 1. The molecule has 0 spiro atoms. The van der Waals surface area contributed by atoms with Gasteiger partial charge in [-0.05, 0) is 36.8 Å². The second kappa shape index (κ2) is 6.82. The van der Waals surface area contributed by atoms with Crippen LogP contribution in [0.25, 0.3) is 10.9 Å². The van der Waals surface area contributed by atoms with E-state index in [9.17, 15) is 32.3 Å². The Morgan fingerprint density at radius 3 is 2.50 bits per heavy atom. The zero-order valence-corrected chi connectivity index (χ0v) is 14.8. The minimum atomic E-state index is -4.92. The maximum absolute atomic E-state index is 14.4. The summed E-state index contributed by atoms with van der Waals surface area (Å²) < 4.78 is 56.2. The Hall–Kier alpha value is -3.08. The van der Waals surface area contributed by atoms with Gasteiger partial charge in [-0.15, -0.1) is 13.2 Å². The van der Waals surface area contributed by atoms with Gasteiger partial charge in [-0.3, -0.25) is 14.2 Å². The number of alkyl halides is 3. The number of rotatable bonds is 4. The number of phenolic OH excluding ortho intramolecular Hbond substituents is 1. The summed E-state index contributed by atoms with van der Waals surface area (Å²) >= 11 is 0.438. The zero-order valence-electron chi connectivity index (χ0n) is 14.0. The van der Waals surface area contributed by atoms with Crippen molar-refractivity contribution in [1.29, 1.82) is 0 Å². The Bertz CT molecular complexity index is 1100. The summed E-state index contributed by atoms with van der Waals surface area (Å²) in [5.41, 5.74) is 0.0619. The molecular weight excluding hydrogens is 406 g/mol. The smallest absolute Gasteiger partial charge is 0.505 e. The normalized spacial score (nSPS) is 11.8. The standard InChI is InChI=1S/C17H11F4NO5S/c1-7-8(6-12(24)25)14-9(2-3-10(23)15(14)18)22(7)16(26)11-4-5-13(28-11)27-17(19,20)21/h2-5,23H,6H2,1H3,(H,24,25). The molecule has 3 rings (SSSR count). The third kappa shape index (κ3) is 3.52. The van der Waals surface area contributed by atoms with Crippen molar-refractivity contribution in [3.8, 4) is 10.8 Å². The highest BCUT2D eigenvalue weighted by Crippen LogP contribution is 2.35. The molecule has 2 aromatic heterocycles. The molecule has 0 atom stereocenters. The molecule has 1 aromatic carbocycles. The minimum absolute atomic E-state index is 0.0132. The Kier molecular flexibility index (Phi) is 4.79. The first-order valence-corrected chi connectivity index (χ1v) is 8.44. The Morgan fingerprint density at radius 2 is 1.89 bits per heavy atom. The molecule has 2 N–H and O–H groups in total. The molecule has 0 saturated carbocycles. The van der Waals surface area contributed by atoms with Crippen molar-refractivity contribution < 1.29 is 42.1 Å². The number of carbonyl (C=O) groups is 2. The Morgan fingerprint density at radius 1 is 1.21 bits per heavy atom. The van der Waals surface area contributed by atoms with E-state index in [0.29, 0.717) is 11.3 Å². The number of phenols is 1. The number of fused-ring (bicyclic) bond motifs is 1. The molecule has 2 heterocycles. The van der Waals surface area contributed by atoms with E-state index in [1.165, 1.54) is 13.0 Å². The van der Waals surface area contributed by atoms with Gasteiger partial charge in [0.25, 0.3) is 5.91 Å². The monoisotopic (exact) mass is 417 g/mol. The first kappa shape index (κ1) is 19.7. The van der Waals surface area contributed by atoms with E-state index in [-0.39, 0.29) is 27.0 Å². The van der Waals surface area contributed by atoms with Crippen LogP contribution in [0.1, 0.15) is 20.9 Å². The maximum atomic E-state index is 14.4. The van der Waals surface area contributed by atoms with Crippen molar-refractivity contribution in [2.75, 3.05) is 0 Å². The second-order valence-electron chi connectivity index (χ2n) is 5.73. The number of aliphatic carboxylic acids is 1. The molecule has 0 aliphatic heterocycles. The van der Waals surface area contributed by atoms with Crippen LogP contribution < -0.4 is 4.74 Å². The molecule has 0 fully saturated rings. The average molecular weight is 417 g/mol. The van der Waals surface area contributed by atoms with E-state index in [0.717, 1.165) is 22.8 Å². The van der Waals surface area contributed by atoms with E-state index in [2.05, 4.69) is 4.74 Å². The fourth-order valence-electron chi connectivity index (χ4n) is 2.87. The van der Waals surface area contributed by atoms with Gasteiger partial charge in [-0.25, -0.2) is 4.39 Å². The molecule has 28 heavy (non-hydrogen) atoms. The van der Waals surface area contributed by atoms with E-state index < -0.39 is 41.3 Å². The van der Waals surface area contributed by atoms with Crippen molar-refractivity contribution >= 4 is 34.1 Å². The summed E-state index contributed by atoms with van der Waals surface area (Å²) in [5, 5.41) is 17.9. The molecule has 6 nitrogen and oxygen atoms in total. The number of hydrogen-bond acceptors (Lipinski definition) is 5. The van der Waals surface area contributed by atoms with Gasteiger partial charge in [0.2, 0.25) is 0 Å². The molecule has 0 saturated heterocycles. The van der Waals surface area contributed by atoms with Crippen molar-refractivity contribution in [3.05, 3.63) is 46.2 Å². The summed E-state index contributed by atoms with van der Waals surface area (Å²) in [5.74, 6) is -3.88. The average Bonchev–Trinajstić information content (AvgIpc) is 3.12. The number of benzene rings is 1. The van der Waals surface area contributed by atoms with Crippen molar-refractivity contribution in [2.45, 2.75) is 19.7 Å². The Labute approximate surface area is 158 Å². The van der Waals surface area contributed by atoms with Crippen LogP contribution in [0.15, 0.2) is 24.3 Å². The zero-order chi connectivity index (χ0) is 20.8. The number of ether oxygens (including phenoxy) is 1. The van der Waals surface area contributed by atoms with E-state index >= 15 is 0 Å². The number of carboxylic acid groups (broad SMARTS) is 1. The van der Waals surface area contributed by atoms with Crippen molar-refractivity contribution in [2.24, 2.45) is 0 Å². The number of aromatic nitrogens is 1. The summed E-state index contributed by atoms with van der Waals surface area (Å²) in [6.07, 6.45) is -5.54. The molecule has 11 heteroatoms. The summed E-state index contributed by atoms with van der Waals surface area (Å²) in [4.78, 5) is 23.9. The van der Waals surface area contributed by atoms with Crippen LogP contribution in [0.4, 0.5) is 17.6 Å². The number of carboxylic acids is 1. The lowest BCUT2D eigenvalue weighted by atomic mass is 10.1. The van der Waals surface area contributed by atoms with Crippen LogP contribution in [0, 0.1) is 12.7 Å². The van der Waals surface area contributed by atoms with Crippen LogP contribution in [0.2, 0.25) is 0 Å². The van der Waals surface area contributed by atoms with Gasteiger partial charge in [-0.2, -0.15) is 0 Å². The lowest BCUT2D eigenvalue weighted by Gasteiger charge is -2.07. The second-order valence-corrected chi connectivity index (χ2v) is 6.78. The summed E-state index contributed by atoms with van der Waals surface area (Å²) in [6.45, 7) is 1.38. The van der Waals surface area contributed by atoms with Crippen LogP contribution in [-0.2, 0) is 11.2 Å². The maximum Gasteiger partial charge on any atom is 0.573 e. The van der Waals surface area contributed by atoms with Crippen LogP contribution >= 0.6 is 11.3 Å². The summed E-state index contributed by atoms with van der Waals surface area (Å²) in [7, 11) is 0. The van der Waals surface area contributed by atoms with Gasteiger partial charge in [0.05, 0.1) is 16.8 Å². The predicted molar refractivity (Wildman–Crippen MR) is 90.4 cm³/mol. The van der Waals surface area contributed by atoms with Gasteiger partial charge < -0.3 is 14.9 Å². The van der Waals surface area contributed by atoms with Crippen LogP contribution in [-0.4, -0.2) is 33.0 Å². The number of thiophene rings is 1. The van der Waals surface area contributed by atoms with E-state index in [4.69, 9.17) is 5.11 Å². The highest BCUT2D eigenvalue weighted by Gasteiger charge is 2.32. The van der Waals surface area contributed by atoms with Crippen molar-refractivity contribution in [1.82, 2.24) is 4.57 Å². The van der Waals surface area contributed by atoms with Crippen LogP contribution in [0.3, 0.4) is 0 Å². The third-order valence-electron chi connectivity index (χ3n) is 3.95.